The molecule has 31 heavy (non-hydrogen) atoms. The van der Waals surface area contributed by atoms with Crippen LogP contribution in [-0.2, 0) is 15.6 Å². The van der Waals surface area contributed by atoms with Crippen LogP contribution in [0.3, 0.4) is 0 Å². The number of hydrogen-bond acceptors (Lipinski definition) is 4. The third-order valence-electron chi connectivity index (χ3n) is 4.14. The zero-order valence-corrected chi connectivity index (χ0v) is 16.9. The first-order chi connectivity index (χ1) is 14.6. The van der Waals surface area contributed by atoms with E-state index in [1.807, 2.05) is 0 Å². The van der Waals surface area contributed by atoms with Gasteiger partial charge in [0.25, 0.3) is 5.91 Å². The first-order valence-electron chi connectivity index (χ1n) is 9.10. The molecule has 5 nitrogen and oxygen atoms in total. The third-order valence-corrected chi connectivity index (χ3v) is 5.85. The summed E-state index contributed by atoms with van der Waals surface area (Å²) in [5, 5.41) is 2.57. The third kappa shape index (κ3) is 6.58. The highest BCUT2D eigenvalue weighted by Gasteiger charge is 2.28. The lowest BCUT2D eigenvalue weighted by atomic mass is 10.1. The molecule has 3 rings (SSSR count). The molecule has 0 radical (unpaired) electrons. The lowest BCUT2D eigenvalue weighted by Gasteiger charge is -2.11. The van der Waals surface area contributed by atoms with Crippen LogP contribution in [0.5, 0.6) is 5.75 Å². The monoisotopic (exact) mass is 449 g/mol. The van der Waals surface area contributed by atoms with Crippen molar-refractivity contribution in [3.05, 3.63) is 90.0 Å². The molecule has 1 N–H and O–H groups in total. The van der Waals surface area contributed by atoms with Gasteiger partial charge in [-0.2, -0.15) is 13.2 Å². The second kappa shape index (κ2) is 9.22. The molecule has 0 unspecified atom stereocenters. The zero-order valence-electron chi connectivity index (χ0n) is 16.1. The van der Waals surface area contributed by atoms with Gasteiger partial charge in [-0.1, -0.05) is 36.4 Å². The van der Waals surface area contributed by atoms with Gasteiger partial charge < -0.3 is 10.1 Å². The fourth-order valence-corrected chi connectivity index (χ4v) is 4.12. The number of carbonyl (C=O) groups is 1. The zero-order chi connectivity index (χ0) is 22.5. The summed E-state index contributed by atoms with van der Waals surface area (Å²) in [7, 11) is -3.58. The Balaban J connectivity index is 1.71. The summed E-state index contributed by atoms with van der Waals surface area (Å²) < 4.78 is 66.7. The SMILES string of the molecule is O=C(Nc1cccc(OCC(F)(F)F)c1)c1cccc(CS(=O)(=O)c2ccccc2)c1. The Morgan fingerprint density at radius 2 is 1.61 bits per heavy atom. The van der Waals surface area contributed by atoms with Gasteiger partial charge in [0.1, 0.15) is 5.75 Å². The fourth-order valence-electron chi connectivity index (χ4n) is 2.76. The Bertz CT molecular complexity index is 1160. The summed E-state index contributed by atoms with van der Waals surface area (Å²) in [6.07, 6.45) is -4.47. The van der Waals surface area contributed by atoms with Crippen LogP contribution in [0, 0.1) is 0 Å². The van der Waals surface area contributed by atoms with Crippen molar-refractivity contribution in [2.24, 2.45) is 0 Å². The molecule has 9 heteroatoms. The predicted molar refractivity (Wildman–Crippen MR) is 110 cm³/mol. The summed E-state index contributed by atoms with van der Waals surface area (Å²) in [4.78, 5) is 12.7. The number of nitrogens with one attached hydrogen (secondary N) is 1. The molecular formula is C22H18F3NO4S. The molecule has 0 spiro atoms. The Kier molecular flexibility index (Phi) is 6.65. The fraction of sp³-hybridized carbons (Fsp3) is 0.136. The van der Waals surface area contributed by atoms with E-state index in [-0.39, 0.29) is 27.6 Å². The summed E-state index contributed by atoms with van der Waals surface area (Å²) in [5.41, 5.74) is 0.883. The van der Waals surface area contributed by atoms with Gasteiger partial charge in [-0.3, -0.25) is 4.79 Å². The number of rotatable bonds is 7. The second-order valence-corrected chi connectivity index (χ2v) is 8.65. The van der Waals surface area contributed by atoms with E-state index in [1.54, 1.807) is 30.3 Å². The number of anilines is 1. The maximum atomic E-state index is 12.5. The Morgan fingerprint density at radius 3 is 2.32 bits per heavy atom. The van der Waals surface area contributed by atoms with E-state index in [0.717, 1.165) is 0 Å². The van der Waals surface area contributed by atoms with Crippen molar-refractivity contribution in [3.8, 4) is 5.75 Å². The minimum Gasteiger partial charge on any atom is -0.484 e. The quantitative estimate of drug-likeness (QED) is 0.560. The van der Waals surface area contributed by atoms with Gasteiger partial charge in [0.15, 0.2) is 16.4 Å². The number of carbonyl (C=O) groups excluding carboxylic acids is 1. The lowest BCUT2D eigenvalue weighted by Crippen LogP contribution is -2.19. The van der Waals surface area contributed by atoms with Crippen molar-refractivity contribution < 1.29 is 31.1 Å². The van der Waals surface area contributed by atoms with Crippen LogP contribution < -0.4 is 10.1 Å². The van der Waals surface area contributed by atoms with Crippen LogP contribution in [0.1, 0.15) is 15.9 Å². The molecular weight excluding hydrogens is 431 g/mol. The molecule has 0 aliphatic heterocycles. The summed E-state index contributed by atoms with van der Waals surface area (Å²) in [6, 6.07) is 19.7. The van der Waals surface area contributed by atoms with Gasteiger partial charge in [0.2, 0.25) is 0 Å². The van der Waals surface area contributed by atoms with Crippen molar-refractivity contribution in [2.75, 3.05) is 11.9 Å². The van der Waals surface area contributed by atoms with E-state index in [9.17, 15) is 26.4 Å². The number of hydrogen-bond donors (Lipinski definition) is 1. The average Bonchev–Trinajstić information content (AvgIpc) is 2.72. The molecule has 1 amide bonds. The largest absolute Gasteiger partial charge is 0.484 e. The molecule has 0 fully saturated rings. The van der Waals surface area contributed by atoms with Gasteiger partial charge in [0.05, 0.1) is 10.6 Å². The maximum absolute atomic E-state index is 12.5. The van der Waals surface area contributed by atoms with Crippen LogP contribution in [-0.4, -0.2) is 27.1 Å². The summed E-state index contributed by atoms with van der Waals surface area (Å²) >= 11 is 0. The van der Waals surface area contributed by atoms with Gasteiger partial charge in [0, 0.05) is 17.3 Å². The highest BCUT2D eigenvalue weighted by Crippen LogP contribution is 2.22. The van der Waals surface area contributed by atoms with Crippen molar-refractivity contribution in [1.82, 2.24) is 0 Å². The maximum Gasteiger partial charge on any atom is 0.422 e. The molecule has 0 aliphatic rings. The van der Waals surface area contributed by atoms with Crippen molar-refractivity contribution >= 4 is 21.4 Å². The number of amides is 1. The van der Waals surface area contributed by atoms with E-state index in [0.29, 0.717) is 5.56 Å². The number of ether oxygens (including phenoxy) is 1. The topological polar surface area (TPSA) is 72.5 Å². The van der Waals surface area contributed by atoms with E-state index >= 15 is 0 Å². The minimum absolute atomic E-state index is 0.0437. The molecule has 0 bridgehead atoms. The van der Waals surface area contributed by atoms with Crippen LogP contribution in [0.15, 0.2) is 83.8 Å². The van der Waals surface area contributed by atoms with E-state index < -0.39 is 28.5 Å². The van der Waals surface area contributed by atoms with Crippen molar-refractivity contribution in [1.29, 1.82) is 0 Å². The molecule has 3 aromatic carbocycles. The first-order valence-corrected chi connectivity index (χ1v) is 10.8. The van der Waals surface area contributed by atoms with Gasteiger partial charge in [-0.25, -0.2) is 8.42 Å². The number of sulfone groups is 1. The van der Waals surface area contributed by atoms with Gasteiger partial charge in [-0.15, -0.1) is 0 Å². The molecule has 0 saturated carbocycles. The van der Waals surface area contributed by atoms with Crippen molar-refractivity contribution in [2.45, 2.75) is 16.8 Å². The Morgan fingerprint density at radius 1 is 0.903 bits per heavy atom. The standard InChI is InChI=1S/C22H18F3NO4S/c23-22(24,25)15-30-19-9-5-8-18(13-19)26-21(27)17-7-4-6-16(12-17)14-31(28,29)20-10-2-1-3-11-20/h1-13H,14-15H2,(H,26,27). The predicted octanol–water partition coefficient (Wildman–Crippen LogP) is 4.85. The van der Waals surface area contributed by atoms with E-state index in [1.165, 1.54) is 48.5 Å². The normalized spacial score (nSPS) is 11.7. The first kappa shape index (κ1) is 22.4. The second-order valence-electron chi connectivity index (χ2n) is 6.66. The highest BCUT2D eigenvalue weighted by molar-refractivity contribution is 7.90. The molecule has 0 heterocycles. The number of halogens is 3. The molecule has 0 aliphatic carbocycles. The minimum atomic E-state index is -4.47. The Hall–Kier alpha value is -3.33. The van der Waals surface area contributed by atoms with E-state index in [2.05, 4.69) is 10.1 Å². The summed E-state index contributed by atoms with van der Waals surface area (Å²) in [5.74, 6) is -0.858. The molecule has 0 saturated heterocycles. The number of benzene rings is 3. The Labute approximate surface area is 177 Å². The average molecular weight is 449 g/mol. The van der Waals surface area contributed by atoms with Crippen molar-refractivity contribution in [3.63, 3.8) is 0 Å². The molecule has 3 aromatic rings. The molecule has 162 valence electrons. The van der Waals surface area contributed by atoms with Crippen LogP contribution in [0.25, 0.3) is 0 Å². The van der Waals surface area contributed by atoms with Crippen LogP contribution in [0.4, 0.5) is 18.9 Å². The van der Waals surface area contributed by atoms with Gasteiger partial charge >= 0.3 is 6.18 Å². The van der Waals surface area contributed by atoms with Gasteiger partial charge in [-0.05, 0) is 42.0 Å². The molecule has 0 atom stereocenters. The van der Waals surface area contributed by atoms with Crippen LogP contribution >= 0.6 is 0 Å². The smallest absolute Gasteiger partial charge is 0.422 e. The van der Waals surface area contributed by atoms with E-state index in [4.69, 9.17) is 0 Å². The highest BCUT2D eigenvalue weighted by atomic mass is 32.2. The molecule has 0 aromatic heterocycles. The number of alkyl halides is 3. The lowest BCUT2D eigenvalue weighted by molar-refractivity contribution is -0.153. The van der Waals surface area contributed by atoms with Crippen LogP contribution in [0.2, 0.25) is 0 Å². The summed E-state index contributed by atoms with van der Waals surface area (Å²) in [6.45, 7) is -1.44.